The van der Waals surface area contributed by atoms with E-state index >= 15 is 0 Å². The summed E-state index contributed by atoms with van der Waals surface area (Å²) in [5, 5.41) is 5.49. The van der Waals surface area contributed by atoms with E-state index in [1.165, 1.54) is 4.88 Å². The summed E-state index contributed by atoms with van der Waals surface area (Å²) in [6, 6.07) is 4.17. The van der Waals surface area contributed by atoms with E-state index in [0.29, 0.717) is 0 Å². The van der Waals surface area contributed by atoms with Crippen molar-refractivity contribution in [2.75, 3.05) is 0 Å². The van der Waals surface area contributed by atoms with Gasteiger partial charge in [0.05, 0.1) is 21.7 Å². The van der Waals surface area contributed by atoms with Crippen molar-refractivity contribution >= 4 is 28.6 Å². The van der Waals surface area contributed by atoms with E-state index in [2.05, 4.69) is 70.4 Å². The molecule has 0 saturated carbocycles. The first-order valence-corrected chi connectivity index (χ1v) is 7.75. The van der Waals surface area contributed by atoms with Gasteiger partial charge >= 0.3 is 0 Å². The van der Waals surface area contributed by atoms with Crippen molar-refractivity contribution in [2.24, 2.45) is 9.98 Å². The molecule has 4 heteroatoms. The fourth-order valence-corrected chi connectivity index (χ4v) is 2.56. The highest BCUT2D eigenvalue weighted by molar-refractivity contribution is 7.11. The van der Waals surface area contributed by atoms with Gasteiger partial charge in [-0.1, -0.05) is 6.07 Å². The number of aliphatic imine (C=N–C) groups is 2. The lowest BCUT2D eigenvalue weighted by atomic mass is 10.1. The predicted molar refractivity (Wildman–Crippen MR) is 89.8 cm³/mol. The molecule has 108 valence electrons. The summed E-state index contributed by atoms with van der Waals surface area (Å²) < 4.78 is 0. The van der Waals surface area contributed by atoms with E-state index in [0.717, 1.165) is 17.2 Å². The van der Waals surface area contributed by atoms with E-state index in [1.54, 1.807) is 11.3 Å². The van der Waals surface area contributed by atoms with Crippen LogP contribution in [0.3, 0.4) is 0 Å². The second kappa shape index (κ2) is 5.17. The number of hydrogen-bond acceptors (Lipinski definition) is 3. The van der Waals surface area contributed by atoms with Crippen LogP contribution in [0, 0.1) is 0 Å². The van der Waals surface area contributed by atoms with Crippen LogP contribution in [0.15, 0.2) is 33.6 Å². The van der Waals surface area contributed by atoms with Crippen molar-refractivity contribution in [3.63, 3.8) is 0 Å². The molecule has 1 N–H and O–H groups in total. The maximum Gasteiger partial charge on any atom is 0.151 e. The Bertz CT molecular complexity index is 564. The van der Waals surface area contributed by atoms with Crippen LogP contribution in [-0.2, 0) is 0 Å². The highest BCUT2D eigenvalue weighted by Crippen LogP contribution is 2.23. The van der Waals surface area contributed by atoms with Crippen LogP contribution < -0.4 is 5.32 Å². The maximum atomic E-state index is 4.79. The molecule has 2 heterocycles. The average molecular weight is 289 g/mol. The Morgan fingerprint density at radius 1 is 1.00 bits per heavy atom. The zero-order valence-corrected chi connectivity index (χ0v) is 13.9. The van der Waals surface area contributed by atoms with Crippen molar-refractivity contribution in [3.05, 3.63) is 28.5 Å². The summed E-state index contributed by atoms with van der Waals surface area (Å²) >= 11 is 1.72. The van der Waals surface area contributed by atoms with Crippen molar-refractivity contribution in [3.8, 4) is 0 Å². The Morgan fingerprint density at radius 2 is 1.65 bits per heavy atom. The fourth-order valence-electron chi connectivity index (χ4n) is 1.86. The van der Waals surface area contributed by atoms with Gasteiger partial charge in [0, 0.05) is 0 Å². The lowest BCUT2D eigenvalue weighted by Gasteiger charge is -2.17. The molecule has 0 fully saturated rings. The van der Waals surface area contributed by atoms with Gasteiger partial charge in [-0.3, -0.25) is 9.98 Å². The molecule has 20 heavy (non-hydrogen) atoms. The molecule has 0 radical (unpaired) electrons. The van der Waals surface area contributed by atoms with Gasteiger partial charge in [-0.2, -0.15) is 0 Å². The Balaban J connectivity index is 2.41. The second-order valence-electron chi connectivity index (χ2n) is 6.96. The first kappa shape index (κ1) is 15.0. The number of nitrogens with zero attached hydrogens (tertiary/aromatic N) is 2. The zero-order chi connectivity index (χ0) is 15.0. The van der Waals surface area contributed by atoms with Gasteiger partial charge in [0.25, 0.3) is 0 Å². The molecule has 1 aliphatic rings. The lowest BCUT2D eigenvalue weighted by molar-refractivity contribution is 0.578. The summed E-state index contributed by atoms with van der Waals surface area (Å²) in [4.78, 5) is 10.8. The molecular weight excluding hydrogens is 266 g/mol. The summed E-state index contributed by atoms with van der Waals surface area (Å²) in [5.41, 5.74) is 1.79. The summed E-state index contributed by atoms with van der Waals surface area (Å²) in [7, 11) is 0. The monoisotopic (exact) mass is 289 g/mol. The van der Waals surface area contributed by atoms with Crippen LogP contribution in [0.5, 0.6) is 0 Å². The molecule has 0 saturated heterocycles. The van der Waals surface area contributed by atoms with Crippen molar-refractivity contribution in [1.29, 1.82) is 0 Å². The SMILES string of the molecule is CC(C)(C)N=C1C=C(c2cccs2)NC1=NC(C)(C)C. The minimum Gasteiger partial charge on any atom is -0.337 e. The smallest absolute Gasteiger partial charge is 0.151 e. The highest BCUT2D eigenvalue weighted by Gasteiger charge is 2.23. The lowest BCUT2D eigenvalue weighted by Crippen LogP contribution is -2.28. The number of rotatable bonds is 1. The number of hydrogen-bond donors (Lipinski definition) is 1. The van der Waals surface area contributed by atoms with Gasteiger partial charge in [0.15, 0.2) is 5.84 Å². The van der Waals surface area contributed by atoms with Gasteiger partial charge in [0.1, 0.15) is 5.71 Å². The molecule has 0 unspecified atom stereocenters. The quantitative estimate of drug-likeness (QED) is 0.829. The number of amidine groups is 1. The molecule has 2 rings (SSSR count). The highest BCUT2D eigenvalue weighted by atomic mass is 32.1. The third-order valence-electron chi connectivity index (χ3n) is 2.47. The summed E-state index contributed by atoms with van der Waals surface area (Å²) in [6.45, 7) is 12.6. The van der Waals surface area contributed by atoms with Crippen LogP contribution in [0.4, 0.5) is 0 Å². The van der Waals surface area contributed by atoms with Crippen molar-refractivity contribution in [1.82, 2.24) is 5.32 Å². The van der Waals surface area contributed by atoms with Gasteiger partial charge in [0.2, 0.25) is 0 Å². The number of thiophene rings is 1. The Morgan fingerprint density at radius 3 is 2.15 bits per heavy atom. The largest absolute Gasteiger partial charge is 0.337 e. The minimum absolute atomic E-state index is 0.114. The van der Waals surface area contributed by atoms with Crippen LogP contribution in [0.2, 0.25) is 0 Å². The summed E-state index contributed by atoms with van der Waals surface area (Å²) in [6.07, 6.45) is 2.10. The molecule has 0 bridgehead atoms. The predicted octanol–water partition coefficient (Wildman–Crippen LogP) is 4.13. The normalized spacial score (nSPS) is 20.4. The Kier molecular flexibility index (Phi) is 3.87. The van der Waals surface area contributed by atoms with Gasteiger partial charge in [-0.25, -0.2) is 0 Å². The Hall–Kier alpha value is -1.42. The van der Waals surface area contributed by atoms with Gasteiger partial charge in [-0.15, -0.1) is 11.3 Å². The molecule has 1 aromatic heterocycles. The molecule has 1 aliphatic heterocycles. The topological polar surface area (TPSA) is 36.8 Å². The van der Waals surface area contributed by atoms with E-state index in [4.69, 9.17) is 9.98 Å². The number of nitrogens with one attached hydrogen (secondary N) is 1. The van der Waals surface area contributed by atoms with Crippen LogP contribution in [-0.4, -0.2) is 22.6 Å². The van der Waals surface area contributed by atoms with Crippen LogP contribution >= 0.6 is 11.3 Å². The molecule has 1 aromatic rings. The minimum atomic E-state index is -0.125. The first-order valence-electron chi connectivity index (χ1n) is 6.87. The third-order valence-corrected chi connectivity index (χ3v) is 3.37. The van der Waals surface area contributed by atoms with E-state index < -0.39 is 0 Å². The second-order valence-corrected chi connectivity index (χ2v) is 7.91. The fraction of sp³-hybridized carbons (Fsp3) is 0.500. The average Bonchev–Trinajstić information content (AvgIpc) is 2.83. The summed E-state index contributed by atoms with van der Waals surface area (Å²) in [5.74, 6) is 0.871. The van der Waals surface area contributed by atoms with Gasteiger partial charge in [-0.05, 0) is 59.1 Å². The van der Waals surface area contributed by atoms with E-state index in [9.17, 15) is 0 Å². The van der Waals surface area contributed by atoms with Crippen molar-refractivity contribution < 1.29 is 0 Å². The van der Waals surface area contributed by atoms with E-state index in [1.807, 2.05) is 0 Å². The third kappa shape index (κ3) is 4.04. The molecule has 0 atom stereocenters. The molecule has 0 spiro atoms. The molecular formula is C16H23N3S. The van der Waals surface area contributed by atoms with Crippen molar-refractivity contribution in [2.45, 2.75) is 52.6 Å². The molecule has 3 nitrogen and oxygen atoms in total. The molecule has 0 aromatic carbocycles. The molecule has 0 aliphatic carbocycles. The van der Waals surface area contributed by atoms with Crippen LogP contribution in [0.1, 0.15) is 46.4 Å². The standard InChI is InChI=1S/C16H23N3S/c1-15(2,3)18-12-10-11(13-8-7-9-20-13)17-14(12)19-16(4,5)6/h7-10H,1-6H3,(H,17,18,19). The molecule has 0 amide bonds. The maximum absolute atomic E-state index is 4.79. The van der Waals surface area contributed by atoms with E-state index in [-0.39, 0.29) is 11.1 Å². The Labute approximate surface area is 125 Å². The first-order chi connectivity index (χ1) is 9.14. The van der Waals surface area contributed by atoms with Gasteiger partial charge < -0.3 is 5.32 Å². The van der Waals surface area contributed by atoms with Crippen LogP contribution in [0.25, 0.3) is 5.70 Å². The zero-order valence-electron chi connectivity index (χ0n) is 13.1.